The van der Waals surface area contributed by atoms with Gasteiger partial charge in [0.05, 0.1) is 12.2 Å². The van der Waals surface area contributed by atoms with E-state index >= 15 is 0 Å². The monoisotopic (exact) mass is 486 g/mol. The van der Waals surface area contributed by atoms with E-state index in [0.29, 0.717) is 18.8 Å². The molecule has 0 spiro atoms. The minimum atomic E-state index is -0.317. The number of benzene rings is 3. The number of hydrogen-bond acceptors (Lipinski definition) is 5. The zero-order valence-electron chi connectivity index (χ0n) is 21.7. The second kappa shape index (κ2) is 14.9. The molecule has 5 heteroatoms. The van der Waals surface area contributed by atoms with Crippen LogP contribution < -0.4 is 4.90 Å². The fourth-order valence-electron chi connectivity index (χ4n) is 3.82. The second-order valence-electron chi connectivity index (χ2n) is 9.18. The highest BCUT2D eigenvalue weighted by molar-refractivity contribution is 5.89. The molecule has 0 amide bonds. The second-order valence-corrected chi connectivity index (χ2v) is 9.18. The number of hydrogen-bond donors (Lipinski definition) is 0. The minimum Gasteiger partial charge on any atom is -0.458 e. The Labute approximate surface area is 216 Å². The third-order valence-electron chi connectivity index (χ3n) is 5.86. The van der Waals surface area contributed by atoms with Crippen molar-refractivity contribution >= 4 is 11.7 Å². The molecule has 0 bridgehead atoms. The molecular formula is C31H38N2O3. The lowest BCUT2D eigenvalue weighted by Crippen LogP contribution is -2.25. The SMILES string of the molecule is C/C(=C\COC(=O)c1ccc(N(C)C)cc1)COCCCN(Cc1ccccc1)Cc1ccccc1. The maximum Gasteiger partial charge on any atom is 0.338 e. The lowest BCUT2D eigenvalue weighted by atomic mass is 10.1. The summed E-state index contributed by atoms with van der Waals surface area (Å²) in [6.45, 7) is 6.24. The third-order valence-corrected chi connectivity index (χ3v) is 5.86. The lowest BCUT2D eigenvalue weighted by molar-refractivity contribution is 0.0547. The molecular weight excluding hydrogens is 448 g/mol. The Kier molecular flexibility index (Phi) is 11.2. The van der Waals surface area contributed by atoms with Gasteiger partial charge in [0.1, 0.15) is 6.61 Å². The average molecular weight is 487 g/mol. The smallest absolute Gasteiger partial charge is 0.338 e. The number of esters is 1. The summed E-state index contributed by atoms with van der Waals surface area (Å²) in [5.74, 6) is -0.317. The van der Waals surface area contributed by atoms with Gasteiger partial charge in [-0.3, -0.25) is 4.90 Å². The number of ether oxygens (including phenoxy) is 2. The molecule has 3 rings (SSSR count). The number of carbonyl (C=O) groups is 1. The molecule has 0 aliphatic rings. The van der Waals surface area contributed by atoms with Crippen LogP contribution in [0, 0.1) is 0 Å². The van der Waals surface area contributed by atoms with Crippen LogP contribution in [0.15, 0.2) is 96.6 Å². The maximum absolute atomic E-state index is 12.2. The van der Waals surface area contributed by atoms with Gasteiger partial charge in [-0.25, -0.2) is 4.79 Å². The van der Waals surface area contributed by atoms with E-state index in [4.69, 9.17) is 9.47 Å². The molecule has 3 aromatic carbocycles. The highest BCUT2D eigenvalue weighted by Crippen LogP contribution is 2.13. The van der Waals surface area contributed by atoms with Crippen LogP contribution in [0.4, 0.5) is 5.69 Å². The van der Waals surface area contributed by atoms with E-state index < -0.39 is 0 Å². The quantitative estimate of drug-likeness (QED) is 0.160. The molecule has 0 fully saturated rings. The van der Waals surface area contributed by atoms with Crippen LogP contribution in [0.1, 0.15) is 34.8 Å². The molecule has 190 valence electrons. The highest BCUT2D eigenvalue weighted by Gasteiger charge is 2.08. The molecule has 5 nitrogen and oxygen atoms in total. The summed E-state index contributed by atoms with van der Waals surface area (Å²) in [5.41, 5.74) is 5.28. The van der Waals surface area contributed by atoms with Crippen LogP contribution in [-0.2, 0) is 22.6 Å². The van der Waals surface area contributed by atoms with Gasteiger partial charge in [-0.2, -0.15) is 0 Å². The summed E-state index contributed by atoms with van der Waals surface area (Å²) in [5, 5.41) is 0. The van der Waals surface area contributed by atoms with Crippen LogP contribution in [0.3, 0.4) is 0 Å². The zero-order chi connectivity index (χ0) is 25.6. The van der Waals surface area contributed by atoms with Crippen molar-refractivity contribution in [3.05, 3.63) is 113 Å². The minimum absolute atomic E-state index is 0.241. The van der Waals surface area contributed by atoms with Gasteiger partial charge >= 0.3 is 5.97 Å². The molecule has 0 N–H and O–H groups in total. The number of rotatable bonds is 14. The molecule has 0 atom stereocenters. The van der Waals surface area contributed by atoms with E-state index in [0.717, 1.165) is 37.3 Å². The number of anilines is 1. The molecule has 36 heavy (non-hydrogen) atoms. The van der Waals surface area contributed by atoms with Crippen LogP contribution >= 0.6 is 0 Å². The van der Waals surface area contributed by atoms with E-state index in [-0.39, 0.29) is 12.6 Å². The molecule has 0 unspecified atom stereocenters. The first kappa shape index (κ1) is 27.2. The molecule has 0 saturated carbocycles. The molecule has 3 aromatic rings. The van der Waals surface area contributed by atoms with Gasteiger partial charge in [-0.1, -0.05) is 60.7 Å². The van der Waals surface area contributed by atoms with Crippen molar-refractivity contribution in [2.24, 2.45) is 0 Å². The van der Waals surface area contributed by atoms with Crippen molar-refractivity contribution < 1.29 is 14.3 Å². The van der Waals surface area contributed by atoms with E-state index in [1.165, 1.54) is 11.1 Å². The van der Waals surface area contributed by atoms with Gasteiger partial charge in [0.25, 0.3) is 0 Å². The summed E-state index contributed by atoms with van der Waals surface area (Å²) in [6, 6.07) is 28.6. The topological polar surface area (TPSA) is 42.0 Å². The van der Waals surface area contributed by atoms with E-state index in [9.17, 15) is 4.79 Å². The van der Waals surface area contributed by atoms with Gasteiger partial charge in [-0.15, -0.1) is 0 Å². The van der Waals surface area contributed by atoms with Gasteiger partial charge in [0, 0.05) is 46.0 Å². The first-order valence-corrected chi connectivity index (χ1v) is 12.5. The number of nitrogens with zero attached hydrogens (tertiary/aromatic N) is 2. The summed E-state index contributed by atoms with van der Waals surface area (Å²) in [4.78, 5) is 16.7. The summed E-state index contributed by atoms with van der Waals surface area (Å²) in [6.07, 6.45) is 2.86. The van der Waals surface area contributed by atoms with Gasteiger partial charge in [-0.05, 0) is 60.4 Å². The molecule has 0 aliphatic carbocycles. The summed E-state index contributed by atoms with van der Waals surface area (Å²) in [7, 11) is 3.93. The van der Waals surface area contributed by atoms with E-state index in [1.54, 1.807) is 12.1 Å². The molecule has 0 saturated heterocycles. The molecule has 0 radical (unpaired) electrons. The Hall–Kier alpha value is -3.41. The predicted molar refractivity (Wildman–Crippen MR) is 147 cm³/mol. The van der Waals surface area contributed by atoms with Gasteiger partial charge in [0.2, 0.25) is 0 Å². The predicted octanol–water partition coefficient (Wildman–Crippen LogP) is 5.96. The fourth-order valence-corrected chi connectivity index (χ4v) is 3.82. The van der Waals surface area contributed by atoms with Crippen molar-refractivity contribution in [3.63, 3.8) is 0 Å². The first-order chi connectivity index (χ1) is 17.5. The zero-order valence-corrected chi connectivity index (χ0v) is 21.7. The standard InChI is InChI=1S/C31H38N2O3/c1-26(19-22-36-31(34)29-15-17-30(18-16-29)32(2)3)25-35-21-10-20-33(23-27-11-6-4-7-12-27)24-28-13-8-5-9-14-28/h4-9,11-19H,10,20-25H2,1-3H3/b26-19+. The van der Waals surface area contributed by atoms with Crippen LogP contribution in [0.25, 0.3) is 0 Å². The Morgan fingerprint density at radius 1 is 0.833 bits per heavy atom. The van der Waals surface area contributed by atoms with Crippen LogP contribution in [0.5, 0.6) is 0 Å². The third kappa shape index (κ3) is 9.68. The van der Waals surface area contributed by atoms with Crippen LogP contribution in [-0.4, -0.2) is 51.3 Å². The fraction of sp³-hybridized carbons (Fsp3) is 0.323. The molecule has 0 aromatic heterocycles. The Morgan fingerprint density at radius 2 is 1.42 bits per heavy atom. The van der Waals surface area contributed by atoms with Crippen LogP contribution in [0.2, 0.25) is 0 Å². The van der Waals surface area contributed by atoms with E-state index in [1.807, 2.05) is 44.1 Å². The van der Waals surface area contributed by atoms with Gasteiger partial charge in [0.15, 0.2) is 0 Å². The Morgan fingerprint density at radius 3 is 1.97 bits per heavy atom. The van der Waals surface area contributed by atoms with Crippen molar-refractivity contribution in [1.82, 2.24) is 4.90 Å². The van der Waals surface area contributed by atoms with Crippen molar-refractivity contribution in [2.75, 3.05) is 45.4 Å². The van der Waals surface area contributed by atoms with E-state index in [2.05, 4.69) is 65.6 Å². The van der Waals surface area contributed by atoms with Crippen molar-refractivity contribution in [1.29, 1.82) is 0 Å². The maximum atomic E-state index is 12.2. The van der Waals surface area contributed by atoms with Crippen molar-refractivity contribution in [2.45, 2.75) is 26.4 Å². The summed E-state index contributed by atoms with van der Waals surface area (Å²) < 4.78 is 11.3. The molecule has 0 heterocycles. The lowest BCUT2D eigenvalue weighted by Gasteiger charge is -2.22. The summed E-state index contributed by atoms with van der Waals surface area (Å²) >= 11 is 0. The molecule has 0 aliphatic heterocycles. The Balaban J connectivity index is 1.37. The average Bonchev–Trinajstić information content (AvgIpc) is 2.89. The Bertz CT molecular complexity index is 1020. The van der Waals surface area contributed by atoms with Gasteiger partial charge < -0.3 is 14.4 Å². The highest BCUT2D eigenvalue weighted by atomic mass is 16.5. The number of carbonyl (C=O) groups excluding carboxylic acids is 1. The normalized spacial score (nSPS) is 11.5. The first-order valence-electron chi connectivity index (χ1n) is 12.5. The van der Waals surface area contributed by atoms with Crippen molar-refractivity contribution in [3.8, 4) is 0 Å². The largest absolute Gasteiger partial charge is 0.458 e.